The van der Waals surface area contributed by atoms with Crippen molar-refractivity contribution < 1.29 is 14.3 Å². The minimum absolute atomic E-state index is 0.0647. The van der Waals surface area contributed by atoms with Crippen molar-refractivity contribution in [2.75, 3.05) is 27.3 Å². The third kappa shape index (κ3) is 3.23. The number of likely N-dealkylation sites (tertiary alicyclic amines) is 1. The van der Waals surface area contributed by atoms with Crippen LogP contribution in [0.15, 0.2) is 42.5 Å². The minimum Gasteiger partial charge on any atom is -0.496 e. The monoisotopic (exact) mass is 365 g/mol. The zero-order chi connectivity index (χ0) is 18.8. The Hall–Kier alpha value is -3.02. The molecule has 0 bridgehead atoms. The molecule has 1 N–H and O–H groups in total. The van der Waals surface area contributed by atoms with Crippen LogP contribution >= 0.6 is 0 Å². The van der Waals surface area contributed by atoms with E-state index >= 15 is 0 Å². The Morgan fingerprint density at radius 1 is 1.11 bits per heavy atom. The van der Waals surface area contributed by atoms with E-state index in [9.17, 15) is 4.79 Å². The van der Waals surface area contributed by atoms with Gasteiger partial charge in [0.05, 0.1) is 25.3 Å². The fourth-order valence-electron chi connectivity index (χ4n) is 3.77. The van der Waals surface area contributed by atoms with Gasteiger partial charge in [0.15, 0.2) is 0 Å². The van der Waals surface area contributed by atoms with Crippen LogP contribution in [0.25, 0.3) is 11.0 Å². The highest BCUT2D eigenvalue weighted by Crippen LogP contribution is 2.33. The zero-order valence-corrected chi connectivity index (χ0v) is 15.6. The molecule has 4 rings (SSSR count). The van der Waals surface area contributed by atoms with Crippen molar-refractivity contribution in [2.24, 2.45) is 0 Å². The first-order chi connectivity index (χ1) is 13.2. The van der Waals surface area contributed by atoms with Crippen LogP contribution in [-0.4, -0.2) is 48.1 Å². The van der Waals surface area contributed by atoms with Crippen LogP contribution in [0.2, 0.25) is 0 Å². The average Bonchev–Trinajstić information content (AvgIpc) is 3.17. The van der Waals surface area contributed by atoms with Gasteiger partial charge >= 0.3 is 0 Å². The standard InChI is InChI=1S/C21H23N3O3/c1-26-17-10-5-11-18(27-2)19(17)21(25)24-12-6-7-14(13-24)20-22-15-8-3-4-9-16(15)23-20/h3-5,8-11,14H,6-7,12-13H2,1-2H3,(H,22,23). The number of ether oxygens (including phenoxy) is 2. The Balaban J connectivity index is 1.61. The lowest BCUT2D eigenvalue weighted by Gasteiger charge is -2.32. The number of methoxy groups -OCH3 is 2. The van der Waals surface area contributed by atoms with Gasteiger partial charge in [-0.3, -0.25) is 4.79 Å². The number of H-pyrrole nitrogens is 1. The van der Waals surface area contributed by atoms with Gasteiger partial charge in [-0.1, -0.05) is 18.2 Å². The highest BCUT2D eigenvalue weighted by Gasteiger charge is 2.30. The number of para-hydroxylation sites is 2. The number of rotatable bonds is 4. The molecule has 1 fully saturated rings. The number of hydrogen-bond donors (Lipinski definition) is 1. The third-order valence-electron chi connectivity index (χ3n) is 5.14. The van der Waals surface area contributed by atoms with Gasteiger partial charge in [-0.2, -0.15) is 0 Å². The second-order valence-corrected chi connectivity index (χ2v) is 6.77. The van der Waals surface area contributed by atoms with Crippen molar-refractivity contribution >= 4 is 16.9 Å². The number of benzene rings is 2. The van der Waals surface area contributed by atoms with Gasteiger partial charge < -0.3 is 19.4 Å². The first kappa shape index (κ1) is 17.4. The van der Waals surface area contributed by atoms with Crippen molar-refractivity contribution in [3.63, 3.8) is 0 Å². The van der Waals surface area contributed by atoms with E-state index in [-0.39, 0.29) is 11.8 Å². The van der Waals surface area contributed by atoms with Crippen molar-refractivity contribution in [3.8, 4) is 11.5 Å². The van der Waals surface area contributed by atoms with E-state index < -0.39 is 0 Å². The van der Waals surface area contributed by atoms with Gasteiger partial charge in [0.25, 0.3) is 5.91 Å². The number of nitrogens with zero attached hydrogens (tertiary/aromatic N) is 2. The van der Waals surface area contributed by atoms with Crippen molar-refractivity contribution in [1.82, 2.24) is 14.9 Å². The third-order valence-corrected chi connectivity index (χ3v) is 5.14. The molecule has 1 amide bonds. The second kappa shape index (κ2) is 7.31. The molecule has 27 heavy (non-hydrogen) atoms. The Bertz CT molecular complexity index is 911. The van der Waals surface area contributed by atoms with E-state index in [0.29, 0.717) is 23.6 Å². The normalized spacial score (nSPS) is 17.1. The maximum Gasteiger partial charge on any atom is 0.261 e. The molecule has 1 atom stereocenters. The lowest BCUT2D eigenvalue weighted by atomic mass is 9.96. The highest BCUT2D eigenvalue weighted by molar-refractivity contribution is 5.99. The molecule has 140 valence electrons. The van der Waals surface area contributed by atoms with E-state index in [1.807, 2.05) is 35.2 Å². The molecule has 1 aliphatic heterocycles. The van der Waals surface area contributed by atoms with E-state index in [0.717, 1.165) is 36.2 Å². The maximum absolute atomic E-state index is 13.2. The summed E-state index contributed by atoms with van der Waals surface area (Å²) in [6.45, 7) is 1.34. The van der Waals surface area contributed by atoms with Gasteiger partial charge in [0.2, 0.25) is 0 Å². The smallest absolute Gasteiger partial charge is 0.261 e. The number of aromatic amines is 1. The number of piperidine rings is 1. The molecule has 1 unspecified atom stereocenters. The Morgan fingerprint density at radius 3 is 2.56 bits per heavy atom. The highest BCUT2D eigenvalue weighted by atomic mass is 16.5. The van der Waals surface area contributed by atoms with Crippen molar-refractivity contribution in [2.45, 2.75) is 18.8 Å². The van der Waals surface area contributed by atoms with E-state index in [2.05, 4.69) is 4.98 Å². The van der Waals surface area contributed by atoms with Crippen LogP contribution in [0.3, 0.4) is 0 Å². The number of nitrogens with one attached hydrogen (secondary N) is 1. The van der Waals surface area contributed by atoms with Gasteiger partial charge in [-0.15, -0.1) is 0 Å². The molecule has 1 aliphatic rings. The van der Waals surface area contributed by atoms with Crippen LogP contribution in [0.1, 0.15) is 34.9 Å². The average molecular weight is 365 g/mol. The Morgan fingerprint density at radius 2 is 1.85 bits per heavy atom. The summed E-state index contributed by atoms with van der Waals surface area (Å²) in [7, 11) is 3.14. The van der Waals surface area contributed by atoms with E-state index in [1.54, 1.807) is 26.4 Å². The quantitative estimate of drug-likeness (QED) is 0.767. The summed E-state index contributed by atoms with van der Waals surface area (Å²) in [5.74, 6) is 2.14. The second-order valence-electron chi connectivity index (χ2n) is 6.77. The molecule has 0 spiro atoms. The lowest BCUT2D eigenvalue weighted by Crippen LogP contribution is -2.39. The SMILES string of the molecule is COc1cccc(OC)c1C(=O)N1CCCC(c2nc3ccccc3[nH]2)C1. The predicted octanol–water partition coefficient (Wildman–Crippen LogP) is 3.60. The van der Waals surface area contributed by atoms with Gasteiger partial charge in [-0.05, 0) is 37.1 Å². The summed E-state index contributed by atoms with van der Waals surface area (Å²) in [6.07, 6.45) is 1.94. The number of imidazole rings is 1. The number of amides is 1. The zero-order valence-electron chi connectivity index (χ0n) is 15.6. The first-order valence-electron chi connectivity index (χ1n) is 9.16. The fraction of sp³-hybridized carbons (Fsp3) is 0.333. The van der Waals surface area contributed by atoms with Crippen LogP contribution in [0.4, 0.5) is 0 Å². The molecule has 3 aromatic rings. The molecular weight excluding hydrogens is 342 g/mol. The van der Waals surface area contributed by atoms with Crippen molar-refractivity contribution in [3.05, 3.63) is 53.9 Å². The summed E-state index contributed by atoms with van der Waals surface area (Å²) >= 11 is 0. The van der Waals surface area contributed by atoms with Crippen LogP contribution in [0.5, 0.6) is 11.5 Å². The Kier molecular flexibility index (Phi) is 4.71. The van der Waals surface area contributed by atoms with E-state index in [1.165, 1.54) is 0 Å². The van der Waals surface area contributed by atoms with E-state index in [4.69, 9.17) is 14.5 Å². The molecular formula is C21H23N3O3. The number of fused-ring (bicyclic) bond motifs is 1. The number of hydrogen-bond acceptors (Lipinski definition) is 4. The topological polar surface area (TPSA) is 67.5 Å². The van der Waals surface area contributed by atoms with Gasteiger partial charge in [-0.25, -0.2) is 4.98 Å². The van der Waals surface area contributed by atoms with Gasteiger partial charge in [0, 0.05) is 19.0 Å². The molecule has 2 aromatic carbocycles. The lowest BCUT2D eigenvalue weighted by molar-refractivity contribution is 0.0698. The summed E-state index contributed by atoms with van der Waals surface area (Å²) in [6, 6.07) is 13.4. The van der Waals surface area contributed by atoms with Gasteiger partial charge in [0.1, 0.15) is 22.9 Å². The summed E-state index contributed by atoms with van der Waals surface area (Å²) in [5, 5.41) is 0. The van der Waals surface area contributed by atoms with Crippen LogP contribution in [0, 0.1) is 0 Å². The largest absolute Gasteiger partial charge is 0.496 e. The number of carbonyl (C=O) groups excluding carboxylic acids is 1. The minimum atomic E-state index is -0.0647. The number of aromatic nitrogens is 2. The summed E-state index contributed by atoms with van der Waals surface area (Å²) in [5.41, 5.74) is 2.47. The summed E-state index contributed by atoms with van der Waals surface area (Å²) in [4.78, 5) is 23.3. The molecule has 1 aromatic heterocycles. The first-order valence-corrected chi connectivity index (χ1v) is 9.16. The molecule has 1 saturated heterocycles. The Labute approximate surface area is 158 Å². The maximum atomic E-state index is 13.2. The van der Waals surface area contributed by atoms with Crippen molar-refractivity contribution in [1.29, 1.82) is 0 Å². The fourth-order valence-corrected chi connectivity index (χ4v) is 3.77. The van der Waals surface area contributed by atoms with Crippen LogP contribution < -0.4 is 9.47 Å². The molecule has 0 radical (unpaired) electrons. The predicted molar refractivity (Wildman–Crippen MR) is 104 cm³/mol. The molecule has 6 nitrogen and oxygen atoms in total. The molecule has 6 heteroatoms. The molecule has 2 heterocycles. The number of carbonyl (C=O) groups is 1. The van der Waals surface area contributed by atoms with Crippen LogP contribution in [-0.2, 0) is 0 Å². The summed E-state index contributed by atoms with van der Waals surface area (Å²) < 4.78 is 10.8. The molecule has 0 saturated carbocycles. The molecule has 0 aliphatic carbocycles.